The van der Waals surface area contributed by atoms with Crippen LogP contribution in [-0.2, 0) is 0 Å². The van der Waals surface area contributed by atoms with E-state index in [1.165, 1.54) is 0 Å². The van der Waals surface area contributed by atoms with Crippen molar-refractivity contribution in [2.45, 2.75) is 0 Å². The molecule has 0 atom stereocenters. The molecule has 0 saturated carbocycles. The van der Waals surface area contributed by atoms with Gasteiger partial charge in [-0.1, -0.05) is 5.46 Å². The highest BCUT2D eigenvalue weighted by Gasteiger charge is 2.10. The van der Waals surface area contributed by atoms with Crippen LogP contribution >= 0.6 is 22.6 Å². The Balaban J connectivity index is 3.46. The van der Waals surface area contributed by atoms with Gasteiger partial charge in [0.1, 0.15) is 19.5 Å². The minimum Gasteiger partial charge on any atom is -0.395 e. The molecule has 5 heteroatoms. The molecule has 0 aromatic heterocycles. The van der Waals surface area contributed by atoms with E-state index in [4.69, 9.17) is 13.6 Å². The van der Waals surface area contributed by atoms with Crippen LogP contribution in [0.1, 0.15) is 0 Å². The monoisotopic (exact) mass is 265 g/mol. The summed E-state index contributed by atoms with van der Waals surface area (Å²) >= 11 is 1.60. The Morgan fingerprint density at radius 1 is 1.45 bits per heavy atom. The Hall–Kier alpha value is -0.325. The molecule has 0 fully saturated rings. The maximum Gasteiger partial charge on any atom is 0.146 e. The maximum absolute atomic E-state index is 12.8. The van der Waals surface area contributed by atoms with Crippen molar-refractivity contribution >= 4 is 41.6 Å². The zero-order valence-electron chi connectivity index (χ0n) is 5.37. The molecule has 1 nitrogen and oxygen atoms in total. The van der Waals surface area contributed by atoms with Gasteiger partial charge in [-0.2, -0.15) is 0 Å². The lowest BCUT2D eigenvalue weighted by molar-refractivity contribution is 0.605. The van der Waals surface area contributed by atoms with Gasteiger partial charge in [0.2, 0.25) is 0 Å². The Bertz CT molecular complexity index is 277. The summed E-state index contributed by atoms with van der Waals surface area (Å²) in [5.74, 6) is -1.35. The fourth-order valence-corrected chi connectivity index (χ4v) is 1.20. The molecule has 11 heavy (non-hydrogen) atoms. The molecule has 0 unspecified atom stereocenters. The summed E-state index contributed by atoms with van der Waals surface area (Å²) < 4.78 is 25.5. The molecule has 0 amide bonds. The van der Waals surface area contributed by atoms with Crippen LogP contribution in [0, 0.1) is 15.2 Å². The number of halogens is 3. The second kappa shape index (κ2) is 2.96. The lowest BCUT2D eigenvalue weighted by Gasteiger charge is -2.03. The molecular formula is C6H3BF2IN. The van der Waals surface area contributed by atoms with Gasteiger partial charge in [0, 0.05) is 0 Å². The average molecular weight is 265 g/mol. The van der Waals surface area contributed by atoms with Crippen LogP contribution in [0.15, 0.2) is 6.07 Å². The van der Waals surface area contributed by atoms with Gasteiger partial charge in [0.25, 0.3) is 0 Å². The first-order valence-electron chi connectivity index (χ1n) is 2.72. The normalized spacial score (nSPS) is 10.1. The SMILES string of the molecule is [B]c1cc(F)c(N)c(I)c1F. The van der Waals surface area contributed by atoms with Gasteiger partial charge < -0.3 is 5.73 Å². The molecule has 0 spiro atoms. The summed E-state index contributed by atoms with van der Waals surface area (Å²) in [7, 11) is 5.12. The summed E-state index contributed by atoms with van der Waals surface area (Å²) in [4.78, 5) is 0. The fraction of sp³-hybridized carbons (Fsp3) is 0. The summed E-state index contributed by atoms with van der Waals surface area (Å²) in [5.41, 5.74) is 4.76. The van der Waals surface area contributed by atoms with Gasteiger partial charge in [-0.3, -0.25) is 0 Å². The zero-order valence-corrected chi connectivity index (χ0v) is 7.52. The molecule has 0 saturated heterocycles. The Morgan fingerprint density at radius 3 is 2.55 bits per heavy atom. The number of rotatable bonds is 0. The first-order valence-corrected chi connectivity index (χ1v) is 3.80. The van der Waals surface area contributed by atoms with Crippen LogP contribution in [0.2, 0.25) is 0 Å². The Labute approximate surface area is 77.5 Å². The third-order valence-electron chi connectivity index (χ3n) is 1.22. The van der Waals surface area contributed by atoms with Crippen molar-refractivity contribution in [3.8, 4) is 0 Å². The van der Waals surface area contributed by atoms with Gasteiger partial charge in [-0.15, -0.1) is 0 Å². The molecular weight excluding hydrogens is 262 g/mol. The number of nitrogen functional groups attached to an aromatic ring is 1. The number of benzene rings is 1. The second-order valence-corrected chi connectivity index (χ2v) is 3.07. The third-order valence-corrected chi connectivity index (χ3v) is 2.28. The van der Waals surface area contributed by atoms with Crippen molar-refractivity contribution < 1.29 is 8.78 Å². The molecule has 2 radical (unpaired) electrons. The molecule has 2 N–H and O–H groups in total. The molecule has 0 aliphatic heterocycles. The van der Waals surface area contributed by atoms with E-state index in [2.05, 4.69) is 0 Å². The second-order valence-electron chi connectivity index (χ2n) is 1.99. The van der Waals surface area contributed by atoms with Crippen molar-refractivity contribution in [1.82, 2.24) is 0 Å². The maximum atomic E-state index is 12.8. The summed E-state index contributed by atoms with van der Waals surface area (Å²) in [6.45, 7) is 0. The van der Waals surface area contributed by atoms with E-state index in [0.29, 0.717) is 0 Å². The van der Waals surface area contributed by atoms with E-state index < -0.39 is 11.6 Å². The molecule has 0 bridgehead atoms. The van der Waals surface area contributed by atoms with Gasteiger partial charge >= 0.3 is 0 Å². The smallest absolute Gasteiger partial charge is 0.146 e. The predicted octanol–water partition coefficient (Wildman–Crippen LogP) is 0.945. The van der Waals surface area contributed by atoms with Crippen molar-refractivity contribution in [1.29, 1.82) is 0 Å². The zero-order chi connectivity index (χ0) is 8.59. The lowest BCUT2D eigenvalue weighted by Crippen LogP contribution is -2.14. The van der Waals surface area contributed by atoms with E-state index >= 15 is 0 Å². The number of anilines is 1. The minimum absolute atomic E-state index is 0.0279. The quantitative estimate of drug-likeness (QED) is 0.321. The third kappa shape index (κ3) is 1.47. The highest BCUT2D eigenvalue weighted by molar-refractivity contribution is 14.1. The first kappa shape index (κ1) is 8.77. The van der Waals surface area contributed by atoms with Gasteiger partial charge in [0.05, 0.1) is 9.26 Å². The van der Waals surface area contributed by atoms with Gasteiger partial charge in [-0.25, -0.2) is 8.78 Å². The Morgan fingerprint density at radius 2 is 2.00 bits per heavy atom. The first-order chi connectivity index (χ1) is 5.04. The van der Waals surface area contributed by atoms with E-state index in [1.54, 1.807) is 22.6 Å². The van der Waals surface area contributed by atoms with E-state index in [9.17, 15) is 8.78 Å². The molecule has 1 rings (SSSR count). The van der Waals surface area contributed by atoms with Gasteiger partial charge in [0.15, 0.2) is 0 Å². The van der Waals surface area contributed by atoms with Crippen molar-refractivity contribution in [3.05, 3.63) is 21.3 Å². The average Bonchev–Trinajstić information content (AvgIpc) is 1.97. The summed E-state index contributed by atoms with van der Waals surface area (Å²) in [6, 6.07) is 0.868. The minimum atomic E-state index is -0.687. The van der Waals surface area contributed by atoms with Crippen LogP contribution in [0.25, 0.3) is 0 Å². The molecule has 1 aromatic rings. The Kier molecular flexibility index (Phi) is 2.36. The summed E-state index contributed by atoms with van der Waals surface area (Å²) in [6.07, 6.45) is 0. The van der Waals surface area contributed by atoms with Crippen LogP contribution in [0.3, 0.4) is 0 Å². The van der Waals surface area contributed by atoms with Gasteiger partial charge in [-0.05, 0) is 28.7 Å². The molecule has 0 heterocycles. The summed E-state index contributed by atoms with van der Waals surface area (Å²) in [5, 5.41) is 0. The van der Waals surface area contributed by atoms with Crippen LogP contribution in [0.4, 0.5) is 14.5 Å². The van der Waals surface area contributed by atoms with Crippen LogP contribution in [-0.4, -0.2) is 7.85 Å². The van der Waals surface area contributed by atoms with E-state index in [1.807, 2.05) is 0 Å². The molecule has 56 valence electrons. The topological polar surface area (TPSA) is 26.0 Å². The number of nitrogens with two attached hydrogens (primary N) is 1. The van der Waals surface area contributed by atoms with E-state index in [0.717, 1.165) is 6.07 Å². The van der Waals surface area contributed by atoms with Crippen LogP contribution in [0.5, 0.6) is 0 Å². The fourth-order valence-electron chi connectivity index (χ4n) is 0.627. The van der Waals surface area contributed by atoms with Crippen molar-refractivity contribution in [2.24, 2.45) is 0 Å². The lowest BCUT2D eigenvalue weighted by atomic mass is 9.95. The van der Waals surface area contributed by atoms with Crippen molar-refractivity contribution in [3.63, 3.8) is 0 Å². The molecule has 1 aromatic carbocycles. The highest BCUT2D eigenvalue weighted by Crippen LogP contribution is 2.19. The van der Waals surface area contributed by atoms with E-state index in [-0.39, 0.29) is 14.7 Å². The van der Waals surface area contributed by atoms with Crippen LogP contribution < -0.4 is 11.2 Å². The standard InChI is InChI=1S/C6H3BF2IN/c7-2-1-3(8)6(11)5(10)4(2)9/h1H,11H2. The largest absolute Gasteiger partial charge is 0.395 e. The number of hydrogen-bond acceptors (Lipinski definition) is 1. The molecule has 0 aliphatic carbocycles. The predicted molar refractivity (Wildman–Crippen MR) is 48.9 cm³/mol. The highest BCUT2D eigenvalue weighted by atomic mass is 127. The van der Waals surface area contributed by atoms with Crippen molar-refractivity contribution in [2.75, 3.05) is 5.73 Å². The molecule has 0 aliphatic rings. The number of hydrogen-bond donors (Lipinski definition) is 1.